The van der Waals surface area contributed by atoms with E-state index in [9.17, 15) is 0 Å². The molecule has 54 heavy (non-hydrogen) atoms. The standard InChI is InChI=1S/C51H39N3/c1-32-37(28-29-48(52-32)50(2,3)4)33-22-24-35(25-23-33)47-31-46(34-14-6-5-7-15-34)53-49(54-47)36-26-27-41-40-18-10-13-21-44(40)51(45(41)30-36)42-19-11-8-16-38(42)39-17-9-12-20-43(39)51/h5-31H,1-4H3. The molecule has 2 aliphatic carbocycles. The highest BCUT2D eigenvalue weighted by Gasteiger charge is 2.51. The van der Waals surface area contributed by atoms with Gasteiger partial charge < -0.3 is 0 Å². The third-order valence-corrected chi connectivity index (χ3v) is 11.4. The summed E-state index contributed by atoms with van der Waals surface area (Å²) >= 11 is 0. The number of hydrogen-bond acceptors (Lipinski definition) is 3. The molecule has 1 spiro atoms. The van der Waals surface area contributed by atoms with Crippen molar-refractivity contribution >= 4 is 0 Å². The van der Waals surface area contributed by atoms with E-state index in [0.29, 0.717) is 5.82 Å². The van der Waals surface area contributed by atoms with Crippen molar-refractivity contribution in [3.8, 4) is 67.3 Å². The molecule has 2 aliphatic rings. The Balaban J connectivity index is 1.13. The van der Waals surface area contributed by atoms with Crippen molar-refractivity contribution in [1.82, 2.24) is 15.0 Å². The zero-order valence-electron chi connectivity index (χ0n) is 30.9. The highest BCUT2D eigenvalue weighted by molar-refractivity contribution is 5.95. The Morgan fingerprint density at radius 2 is 0.852 bits per heavy atom. The molecule has 0 radical (unpaired) electrons. The lowest BCUT2D eigenvalue weighted by Gasteiger charge is -2.30. The van der Waals surface area contributed by atoms with Gasteiger partial charge in [-0.15, -0.1) is 0 Å². The van der Waals surface area contributed by atoms with Gasteiger partial charge in [0.2, 0.25) is 0 Å². The first kappa shape index (κ1) is 32.2. The Morgan fingerprint density at radius 1 is 0.389 bits per heavy atom. The summed E-state index contributed by atoms with van der Waals surface area (Å²) in [5, 5.41) is 0. The van der Waals surface area contributed by atoms with Crippen LogP contribution in [0.3, 0.4) is 0 Å². The maximum atomic E-state index is 5.31. The van der Waals surface area contributed by atoms with Gasteiger partial charge in [-0.2, -0.15) is 0 Å². The van der Waals surface area contributed by atoms with Gasteiger partial charge in [0.1, 0.15) is 0 Å². The minimum Gasteiger partial charge on any atom is -0.257 e. The number of aromatic nitrogens is 3. The minimum atomic E-state index is -0.428. The predicted molar refractivity (Wildman–Crippen MR) is 221 cm³/mol. The van der Waals surface area contributed by atoms with Gasteiger partial charge in [0, 0.05) is 39.1 Å². The molecule has 10 rings (SSSR count). The van der Waals surface area contributed by atoms with Crippen LogP contribution in [0, 0.1) is 6.92 Å². The van der Waals surface area contributed by atoms with E-state index in [0.717, 1.165) is 50.6 Å². The van der Waals surface area contributed by atoms with Crippen LogP contribution in [-0.4, -0.2) is 15.0 Å². The van der Waals surface area contributed by atoms with Gasteiger partial charge in [0.05, 0.1) is 16.8 Å². The van der Waals surface area contributed by atoms with Crippen LogP contribution in [0.2, 0.25) is 0 Å². The van der Waals surface area contributed by atoms with Gasteiger partial charge >= 0.3 is 0 Å². The van der Waals surface area contributed by atoms with Gasteiger partial charge in [0.25, 0.3) is 0 Å². The lowest BCUT2D eigenvalue weighted by molar-refractivity contribution is 0.567. The normalized spacial score (nSPS) is 13.3. The van der Waals surface area contributed by atoms with Gasteiger partial charge in [-0.3, -0.25) is 4.98 Å². The number of fused-ring (bicyclic) bond motifs is 10. The van der Waals surface area contributed by atoms with E-state index in [4.69, 9.17) is 15.0 Å². The van der Waals surface area contributed by atoms with Crippen LogP contribution in [0.25, 0.3) is 67.3 Å². The summed E-state index contributed by atoms with van der Waals surface area (Å²) in [6.45, 7) is 8.71. The molecule has 3 nitrogen and oxygen atoms in total. The second kappa shape index (κ2) is 12.0. The fourth-order valence-electron chi connectivity index (χ4n) is 8.82. The van der Waals surface area contributed by atoms with Gasteiger partial charge in [0.15, 0.2) is 5.82 Å². The van der Waals surface area contributed by atoms with Crippen molar-refractivity contribution < 1.29 is 0 Å². The van der Waals surface area contributed by atoms with Crippen LogP contribution in [-0.2, 0) is 10.8 Å². The van der Waals surface area contributed by atoms with Gasteiger partial charge in [-0.1, -0.05) is 166 Å². The molecule has 0 fully saturated rings. The fraction of sp³-hybridized carbons (Fsp3) is 0.118. The zero-order chi connectivity index (χ0) is 36.6. The van der Waals surface area contributed by atoms with Crippen molar-refractivity contribution in [2.75, 3.05) is 0 Å². The minimum absolute atomic E-state index is 0.00377. The van der Waals surface area contributed by atoms with Crippen LogP contribution in [0.4, 0.5) is 0 Å². The molecule has 6 aromatic carbocycles. The Kier molecular flexibility index (Phi) is 7.19. The second-order valence-electron chi connectivity index (χ2n) is 15.6. The van der Waals surface area contributed by atoms with Crippen molar-refractivity contribution in [3.63, 3.8) is 0 Å². The number of aryl methyl sites for hydroxylation is 1. The Bertz CT molecular complexity index is 2690. The molecular formula is C51H39N3. The van der Waals surface area contributed by atoms with Crippen LogP contribution in [0.5, 0.6) is 0 Å². The van der Waals surface area contributed by atoms with E-state index in [1.165, 1.54) is 44.5 Å². The molecule has 0 saturated heterocycles. The summed E-state index contributed by atoms with van der Waals surface area (Å²) in [4.78, 5) is 15.5. The van der Waals surface area contributed by atoms with E-state index < -0.39 is 5.41 Å². The Hall–Kier alpha value is -6.45. The molecular weight excluding hydrogens is 655 g/mol. The molecule has 3 heteroatoms. The van der Waals surface area contributed by atoms with Crippen LogP contribution in [0.1, 0.15) is 54.4 Å². The summed E-state index contributed by atoms with van der Waals surface area (Å²) in [7, 11) is 0. The van der Waals surface area contributed by atoms with Crippen molar-refractivity contribution in [2.24, 2.45) is 0 Å². The molecule has 0 N–H and O–H groups in total. The molecule has 2 heterocycles. The molecule has 258 valence electrons. The van der Waals surface area contributed by atoms with Crippen LogP contribution >= 0.6 is 0 Å². The Labute approximate surface area is 317 Å². The summed E-state index contributed by atoms with van der Waals surface area (Å²) in [6, 6.07) is 59.3. The molecule has 0 bridgehead atoms. The topological polar surface area (TPSA) is 38.7 Å². The van der Waals surface area contributed by atoms with Crippen molar-refractivity contribution in [1.29, 1.82) is 0 Å². The number of pyridine rings is 1. The van der Waals surface area contributed by atoms with E-state index in [2.05, 4.69) is 185 Å². The molecule has 0 saturated carbocycles. The number of rotatable bonds is 4. The first-order valence-corrected chi connectivity index (χ1v) is 18.8. The van der Waals surface area contributed by atoms with E-state index in [1.54, 1.807) is 0 Å². The molecule has 0 atom stereocenters. The SMILES string of the molecule is Cc1nc(C(C)(C)C)ccc1-c1ccc(-c2cc(-c3ccccc3)nc(-c3ccc4c(c3)C3(c5ccccc5-c5ccccc53)c3ccccc3-4)n2)cc1. The first-order chi connectivity index (χ1) is 26.3. The van der Waals surface area contributed by atoms with Crippen LogP contribution < -0.4 is 0 Å². The number of nitrogens with zero attached hydrogens (tertiary/aromatic N) is 3. The molecule has 2 aromatic heterocycles. The van der Waals surface area contributed by atoms with Crippen LogP contribution in [0.15, 0.2) is 164 Å². The van der Waals surface area contributed by atoms with Gasteiger partial charge in [-0.05, 0) is 75.2 Å². The average Bonchev–Trinajstić information content (AvgIpc) is 3.68. The first-order valence-electron chi connectivity index (χ1n) is 18.8. The highest BCUT2D eigenvalue weighted by Crippen LogP contribution is 2.63. The Morgan fingerprint density at radius 3 is 1.41 bits per heavy atom. The number of hydrogen-bond donors (Lipinski definition) is 0. The molecule has 0 aliphatic heterocycles. The maximum Gasteiger partial charge on any atom is 0.160 e. The monoisotopic (exact) mass is 693 g/mol. The zero-order valence-corrected chi connectivity index (χ0v) is 30.9. The summed E-state index contributed by atoms with van der Waals surface area (Å²) in [5.74, 6) is 0.710. The average molecular weight is 694 g/mol. The quantitative estimate of drug-likeness (QED) is 0.184. The predicted octanol–water partition coefficient (Wildman–Crippen LogP) is 12.5. The van der Waals surface area contributed by atoms with Gasteiger partial charge in [-0.25, -0.2) is 9.97 Å². The highest BCUT2D eigenvalue weighted by atomic mass is 14.9. The maximum absolute atomic E-state index is 5.31. The number of benzene rings is 6. The lowest BCUT2D eigenvalue weighted by Crippen LogP contribution is -2.25. The fourth-order valence-corrected chi connectivity index (χ4v) is 8.82. The third-order valence-electron chi connectivity index (χ3n) is 11.4. The lowest BCUT2D eigenvalue weighted by atomic mass is 9.70. The van der Waals surface area contributed by atoms with E-state index in [-0.39, 0.29) is 5.41 Å². The van der Waals surface area contributed by atoms with Crippen molar-refractivity contribution in [2.45, 2.75) is 38.5 Å². The second-order valence-corrected chi connectivity index (χ2v) is 15.6. The smallest absolute Gasteiger partial charge is 0.160 e. The van der Waals surface area contributed by atoms with E-state index in [1.807, 2.05) is 6.07 Å². The molecule has 0 unspecified atom stereocenters. The third kappa shape index (κ3) is 4.85. The molecule has 0 amide bonds. The van der Waals surface area contributed by atoms with E-state index >= 15 is 0 Å². The van der Waals surface area contributed by atoms with Crippen molar-refractivity contribution in [3.05, 3.63) is 197 Å². The summed E-state index contributed by atoms with van der Waals surface area (Å²) in [5.41, 5.74) is 19.3. The summed E-state index contributed by atoms with van der Waals surface area (Å²) < 4.78 is 0. The largest absolute Gasteiger partial charge is 0.257 e. The molecule has 8 aromatic rings. The summed E-state index contributed by atoms with van der Waals surface area (Å²) in [6.07, 6.45) is 0.